The largest absolute Gasteiger partial charge is 0.497 e. The van der Waals surface area contributed by atoms with Gasteiger partial charge in [0.25, 0.3) is 8.32 Å². The van der Waals surface area contributed by atoms with Gasteiger partial charge in [0.05, 0.1) is 20.8 Å². The van der Waals surface area contributed by atoms with Crippen LogP contribution < -0.4 is 15.1 Å². The van der Waals surface area contributed by atoms with Crippen LogP contribution in [0, 0.1) is 5.92 Å². The maximum absolute atomic E-state index is 13.3. The summed E-state index contributed by atoms with van der Waals surface area (Å²) in [5.74, 6) is 0.0949. The maximum Gasteiger partial charge on any atom is 0.339 e. The van der Waals surface area contributed by atoms with Crippen molar-refractivity contribution in [2.75, 3.05) is 20.8 Å². The minimum absolute atomic E-state index is 0.171. The summed E-state index contributed by atoms with van der Waals surface area (Å²) in [6.07, 6.45) is 4.48. The molecule has 3 aromatic carbocycles. The molecule has 0 spiro atoms. The van der Waals surface area contributed by atoms with E-state index in [1.165, 1.54) is 17.5 Å². The Hall–Kier alpha value is -3.19. The third kappa shape index (κ3) is 5.34. The molecule has 0 saturated heterocycles. The lowest BCUT2D eigenvalue weighted by atomic mass is 9.90. The van der Waals surface area contributed by atoms with E-state index in [0.717, 1.165) is 11.3 Å². The van der Waals surface area contributed by atoms with Crippen LogP contribution in [-0.4, -0.2) is 40.7 Å². The van der Waals surface area contributed by atoms with Crippen molar-refractivity contribution < 1.29 is 23.4 Å². The SMILES string of the molecule is COC(=O)[C@]1(OCc2ccc(OC)cc2)CC=C[C@H]1CO[Si](c1ccccc1)(c1ccccc1)C(C)(C)C. The van der Waals surface area contributed by atoms with Gasteiger partial charge in [0.15, 0.2) is 5.60 Å². The van der Waals surface area contributed by atoms with Crippen molar-refractivity contribution in [3.8, 4) is 5.75 Å². The second-order valence-electron chi connectivity index (χ2n) is 10.7. The third-order valence-electron chi connectivity index (χ3n) is 7.47. The third-order valence-corrected chi connectivity index (χ3v) is 12.5. The number of hydrogen-bond acceptors (Lipinski definition) is 5. The van der Waals surface area contributed by atoms with E-state index in [4.69, 9.17) is 18.6 Å². The molecular formula is C32H38O5Si. The zero-order valence-corrected chi connectivity index (χ0v) is 24.0. The van der Waals surface area contributed by atoms with Gasteiger partial charge in [0.2, 0.25) is 0 Å². The quantitative estimate of drug-likeness (QED) is 0.203. The highest BCUT2D eigenvalue weighted by Crippen LogP contribution is 2.40. The fraction of sp³-hybridized carbons (Fsp3) is 0.344. The van der Waals surface area contributed by atoms with Crippen LogP contribution in [0.3, 0.4) is 0 Å². The number of esters is 1. The highest BCUT2D eigenvalue weighted by atomic mass is 28.4. The van der Waals surface area contributed by atoms with E-state index in [2.05, 4.69) is 69.3 Å². The van der Waals surface area contributed by atoms with Gasteiger partial charge >= 0.3 is 5.97 Å². The Balaban J connectivity index is 1.67. The van der Waals surface area contributed by atoms with E-state index in [1.807, 2.05) is 48.6 Å². The van der Waals surface area contributed by atoms with Gasteiger partial charge in [-0.15, -0.1) is 0 Å². The summed E-state index contributed by atoms with van der Waals surface area (Å²) in [5.41, 5.74) is -0.201. The van der Waals surface area contributed by atoms with Gasteiger partial charge in [-0.1, -0.05) is 106 Å². The van der Waals surface area contributed by atoms with Crippen molar-refractivity contribution >= 4 is 24.7 Å². The van der Waals surface area contributed by atoms with Gasteiger partial charge < -0.3 is 18.6 Å². The summed E-state index contributed by atoms with van der Waals surface area (Å²) in [6.45, 7) is 7.35. The summed E-state index contributed by atoms with van der Waals surface area (Å²) in [7, 11) is 0.276. The molecule has 5 nitrogen and oxygen atoms in total. The Kier molecular flexibility index (Phi) is 8.56. The van der Waals surface area contributed by atoms with E-state index in [1.54, 1.807) is 7.11 Å². The Morgan fingerprint density at radius 1 is 0.895 bits per heavy atom. The molecule has 1 aliphatic rings. The van der Waals surface area contributed by atoms with Crippen molar-refractivity contribution in [3.63, 3.8) is 0 Å². The molecule has 0 radical (unpaired) electrons. The van der Waals surface area contributed by atoms with Crippen molar-refractivity contribution in [2.24, 2.45) is 5.92 Å². The lowest BCUT2D eigenvalue weighted by molar-refractivity contribution is -0.177. The number of hydrogen-bond donors (Lipinski definition) is 0. The standard InChI is InChI=1S/C32H38O5Si/c1-31(2,3)38(28-14-8-6-9-15-28,29-16-10-7-11-17-29)37-24-26-13-12-22-32(26,30(33)35-5)36-23-25-18-20-27(34-4)21-19-25/h6-21,26H,22-24H2,1-5H3/t26-,32-/m0/s1. The fourth-order valence-electron chi connectivity index (χ4n) is 5.45. The van der Waals surface area contributed by atoms with Crippen LogP contribution in [0.2, 0.25) is 5.04 Å². The second-order valence-corrected chi connectivity index (χ2v) is 15.0. The summed E-state index contributed by atoms with van der Waals surface area (Å²) in [4.78, 5) is 13.3. The van der Waals surface area contributed by atoms with Crippen LogP contribution in [0.5, 0.6) is 5.75 Å². The Morgan fingerprint density at radius 3 is 1.97 bits per heavy atom. The number of ether oxygens (including phenoxy) is 3. The smallest absolute Gasteiger partial charge is 0.339 e. The molecular weight excluding hydrogens is 492 g/mol. The average molecular weight is 531 g/mol. The predicted octanol–water partition coefficient (Wildman–Crippen LogP) is 5.28. The lowest BCUT2D eigenvalue weighted by Crippen LogP contribution is -2.67. The van der Waals surface area contributed by atoms with Crippen LogP contribution >= 0.6 is 0 Å². The summed E-state index contributed by atoms with van der Waals surface area (Å²) >= 11 is 0. The van der Waals surface area contributed by atoms with Gasteiger partial charge in [-0.2, -0.15) is 0 Å². The van der Waals surface area contributed by atoms with Gasteiger partial charge in [0, 0.05) is 18.9 Å². The Morgan fingerprint density at radius 2 is 1.47 bits per heavy atom. The average Bonchev–Trinajstić information content (AvgIpc) is 3.36. The summed E-state index contributed by atoms with van der Waals surface area (Å²) in [5, 5.41) is 2.22. The molecule has 38 heavy (non-hydrogen) atoms. The van der Waals surface area contributed by atoms with E-state index >= 15 is 0 Å². The molecule has 3 aromatic rings. The first kappa shape index (κ1) is 27.8. The van der Waals surface area contributed by atoms with Crippen LogP contribution in [0.4, 0.5) is 0 Å². The van der Waals surface area contributed by atoms with E-state index in [-0.39, 0.29) is 23.5 Å². The second kappa shape index (κ2) is 11.7. The summed E-state index contributed by atoms with van der Waals surface area (Å²) in [6, 6.07) is 28.7. The number of methoxy groups -OCH3 is 2. The summed E-state index contributed by atoms with van der Waals surface area (Å²) < 4.78 is 24.2. The predicted molar refractivity (Wildman–Crippen MR) is 153 cm³/mol. The Labute approximate surface area is 227 Å². The highest BCUT2D eigenvalue weighted by Gasteiger charge is 2.54. The molecule has 0 amide bonds. The molecule has 2 atom stereocenters. The van der Waals surface area contributed by atoms with Crippen molar-refractivity contribution in [1.82, 2.24) is 0 Å². The zero-order valence-electron chi connectivity index (χ0n) is 23.0. The molecule has 6 heteroatoms. The minimum Gasteiger partial charge on any atom is -0.497 e. The molecule has 0 aromatic heterocycles. The Bertz CT molecular complexity index is 1180. The first-order valence-electron chi connectivity index (χ1n) is 13.0. The van der Waals surface area contributed by atoms with E-state index in [0.29, 0.717) is 13.0 Å². The van der Waals surface area contributed by atoms with Crippen molar-refractivity contribution in [3.05, 3.63) is 103 Å². The van der Waals surface area contributed by atoms with Crippen LogP contribution in [0.15, 0.2) is 97.1 Å². The molecule has 200 valence electrons. The van der Waals surface area contributed by atoms with Gasteiger partial charge in [-0.3, -0.25) is 0 Å². The molecule has 0 heterocycles. The fourth-order valence-corrected chi connectivity index (χ4v) is 10.0. The molecule has 4 rings (SSSR count). The van der Waals surface area contributed by atoms with Gasteiger partial charge in [-0.25, -0.2) is 4.79 Å². The first-order chi connectivity index (χ1) is 18.3. The maximum atomic E-state index is 13.3. The number of rotatable bonds is 10. The molecule has 0 fully saturated rings. The van der Waals surface area contributed by atoms with Gasteiger partial charge in [0.1, 0.15) is 5.75 Å². The minimum atomic E-state index is -2.78. The van der Waals surface area contributed by atoms with Gasteiger partial charge in [-0.05, 0) is 33.1 Å². The molecule has 0 N–H and O–H groups in total. The number of carbonyl (C=O) groups is 1. The highest BCUT2D eigenvalue weighted by molar-refractivity contribution is 6.99. The molecule has 0 unspecified atom stereocenters. The monoisotopic (exact) mass is 530 g/mol. The normalized spacial score (nSPS) is 19.3. The van der Waals surface area contributed by atoms with Crippen LogP contribution in [0.1, 0.15) is 32.8 Å². The number of benzene rings is 3. The topological polar surface area (TPSA) is 54.0 Å². The van der Waals surface area contributed by atoms with E-state index in [9.17, 15) is 4.79 Å². The van der Waals surface area contributed by atoms with Crippen molar-refractivity contribution in [2.45, 2.75) is 44.4 Å². The van der Waals surface area contributed by atoms with Crippen molar-refractivity contribution in [1.29, 1.82) is 0 Å². The van der Waals surface area contributed by atoms with E-state index < -0.39 is 13.9 Å². The number of carbonyl (C=O) groups excluding carboxylic acids is 1. The van der Waals surface area contributed by atoms with Crippen LogP contribution in [-0.2, 0) is 25.3 Å². The lowest BCUT2D eigenvalue weighted by Gasteiger charge is -2.44. The molecule has 1 aliphatic carbocycles. The molecule has 0 saturated carbocycles. The van der Waals surface area contributed by atoms with Crippen LogP contribution in [0.25, 0.3) is 0 Å². The molecule has 0 aliphatic heterocycles. The zero-order chi connectivity index (χ0) is 27.2. The molecule has 0 bridgehead atoms. The first-order valence-corrected chi connectivity index (χ1v) is 14.9.